The zero-order chi connectivity index (χ0) is 13.2. The summed E-state index contributed by atoms with van der Waals surface area (Å²) in [4.78, 5) is 2.67. The van der Waals surface area contributed by atoms with E-state index in [0.29, 0.717) is 0 Å². The quantitative estimate of drug-likeness (QED) is 0.634. The molecule has 0 aliphatic carbocycles. The Labute approximate surface area is 114 Å². The number of likely N-dealkylation sites (tertiary alicyclic amines) is 1. The summed E-state index contributed by atoms with van der Waals surface area (Å²) >= 11 is 0. The third-order valence-electron chi connectivity index (χ3n) is 4.49. The number of hydrogen-bond acceptors (Lipinski definition) is 2. The van der Waals surface area contributed by atoms with E-state index in [9.17, 15) is 0 Å². The van der Waals surface area contributed by atoms with Crippen LogP contribution in [0.2, 0.25) is 0 Å². The summed E-state index contributed by atoms with van der Waals surface area (Å²) < 4.78 is 0. The van der Waals surface area contributed by atoms with Crippen LogP contribution in [-0.2, 0) is 0 Å². The number of nitrogens with zero attached hydrogens (tertiary/aromatic N) is 1. The maximum Gasteiger partial charge on any atom is 0.00671 e. The Hall–Kier alpha value is -0.0800. The maximum absolute atomic E-state index is 5.81. The highest BCUT2D eigenvalue weighted by atomic mass is 15.2. The van der Waals surface area contributed by atoms with Gasteiger partial charge < -0.3 is 10.6 Å². The minimum atomic E-state index is 0.755. The minimum Gasteiger partial charge on any atom is -0.330 e. The summed E-state index contributed by atoms with van der Waals surface area (Å²) in [5, 5.41) is 0. The second-order valence-electron chi connectivity index (χ2n) is 6.14. The third kappa shape index (κ3) is 6.19. The van der Waals surface area contributed by atoms with Gasteiger partial charge in [0.25, 0.3) is 0 Å². The molecular formula is C16H34N2. The van der Waals surface area contributed by atoms with Crippen LogP contribution in [0, 0.1) is 5.92 Å². The van der Waals surface area contributed by atoms with E-state index in [4.69, 9.17) is 5.73 Å². The molecule has 1 saturated heterocycles. The lowest BCUT2D eigenvalue weighted by molar-refractivity contribution is 0.118. The van der Waals surface area contributed by atoms with E-state index in [2.05, 4.69) is 18.7 Å². The molecule has 0 aromatic rings. The van der Waals surface area contributed by atoms with Crippen molar-refractivity contribution < 1.29 is 0 Å². The number of unbranched alkanes of at least 4 members (excludes halogenated alkanes) is 6. The smallest absolute Gasteiger partial charge is 0.00671 e. The van der Waals surface area contributed by atoms with Crippen molar-refractivity contribution in [2.45, 2.75) is 77.7 Å². The van der Waals surface area contributed by atoms with Gasteiger partial charge in [0.05, 0.1) is 0 Å². The molecule has 1 fully saturated rings. The number of piperidine rings is 1. The SMILES string of the molecule is CCCCCCCCCN1CC(CN)CCC1C. The normalized spacial score (nSPS) is 25.5. The lowest BCUT2D eigenvalue weighted by atomic mass is 9.93. The molecule has 0 amide bonds. The van der Waals surface area contributed by atoms with Gasteiger partial charge in [-0.15, -0.1) is 0 Å². The predicted octanol–water partition coefficient (Wildman–Crippen LogP) is 3.80. The van der Waals surface area contributed by atoms with Crippen LogP contribution < -0.4 is 5.73 Å². The molecule has 1 rings (SSSR count). The first kappa shape index (κ1) is 16.0. The molecule has 2 N–H and O–H groups in total. The molecular weight excluding hydrogens is 220 g/mol. The summed E-state index contributed by atoms with van der Waals surface area (Å²) in [7, 11) is 0. The van der Waals surface area contributed by atoms with Gasteiger partial charge in [-0.2, -0.15) is 0 Å². The minimum absolute atomic E-state index is 0.755. The van der Waals surface area contributed by atoms with Gasteiger partial charge in [0, 0.05) is 12.6 Å². The zero-order valence-corrected chi connectivity index (χ0v) is 12.7. The molecule has 0 radical (unpaired) electrons. The van der Waals surface area contributed by atoms with Crippen LogP contribution in [-0.4, -0.2) is 30.6 Å². The first-order valence-corrected chi connectivity index (χ1v) is 8.22. The standard InChI is InChI=1S/C16H34N2/c1-3-4-5-6-7-8-9-12-18-14-16(13-17)11-10-15(18)2/h15-16H,3-14,17H2,1-2H3. The van der Waals surface area contributed by atoms with Gasteiger partial charge in [0.2, 0.25) is 0 Å². The van der Waals surface area contributed by atoms with Gasteiger partial charge in [0.15, 0.2) is 0 Å². The second kappa shape index (κ2) is 9.80. The highest BCUT2D eigenvalue weighted by Crippen LogP contribution is 2.21. The summed E-state index contributed by atoms with van der Waals surface area (Å²) in [6.07, 6.45) is 12.6. The average Bonchev–Trinajstić information content (AvgIpc) is 2.39. The molecule has 2 atom stereocenters. The monoisotopic (exact) mass is 254 g/mol. The van der Waals surface area contributed by atoms with Crippen molar-refractivity contribution in [3.63, 3.8) is 0 Å². The molecule has 1 aliphatic rings. The molecule has 0 aromatic heterocycles. The van der Waals surface area contributed by atoms with Crippen LogP contribution in [0.5, 0.6) is 0 Å². The molecule has 0 saturated carbocycles. The number of nitrogens with two attached hydrogens (primary N) is 1. The van der Waals surface area contributed by atoms with E-state index in [-0.39, 0.29) is 0 Å². The van der Waals surface area contributed by atoms with Crippen LogP contribution >= 0.6 is 0 Å². The van der Waals surface area contributed by atoms with Crippen LogP contribution in [0.4, 0.5) is 0 Å². The highest BCUT2D eigenvalue weighted by molar-refractivity contribution is 4.79. The Balaban J connectivity index is 2.03. The first-order chi connectivity index (χ1) is 8.77. The highest BCUT2D eigenvalue weighted by Gasteiger charge is 2.23. The van der Waals surface area contributed by atoms with Crippen LogP contribution in [0.15, 0.2) is 0 Å². The Morgan fingerprint density at radius 3 is 2.33 bits per heavy atom. The van der Waals surface area contributed by atoms with E-state index < -0.39 is 0 Å². The molecule has 1 aliphatic heterocycles. The molecule has 2 unspecified atom stereocenters. The summed E-state index contributed by atoms with van der Waals surface area (Å²) in [5.74, 6) is 0.755. The topological polar surface area (TPSA) is 29.3 Å². The van der Waals surface area contributed by atoms with Crippen molar-refractivity contribution >= 4 is 0 Å². The van der Waals surface area contributed by atoms with E-state index in [1.165, 1.54) is 70.9 Å². The Morgan fingerprint density at radius 2 is 1.67 bits per heavy atom. The first-order valence-electron chi connectivity index (χ1n) is 8.22. The lowest BCUT2D eigenvalue weighted by Gasteiger charge is -2.37. The van der Waals surface area contributed by atoms with Crippen molar-refractivity contribution in [1.82, 2.24) is 4.90 Å². The molecule has 0 bridgehead atoms. The van der Waals surface area contributed by atoms with Crippen molar-refractivity contribution in [1.29, 1.82) is 0 Å². The molecule has 2 nitrogen and oxygen atoms in total. The Morgan fingerprint density at radius 1 is 1.00 bits per heavy atom. The Kier molecular flexibility index (Phi) is 8.70. The van der Waals surface area contributed by atoms with Gasteiger partial charge in [-0.3, -0.25) is 0 Å². The fraction of sp³-hybridized carbons (Fsp3) is 1.00. The van der Waals surface area contributed by atoms with Crippen molar-refractivity contribution in [2.24, 2.45) is 11.7 Å². The van der Waals surface area contributed by atoms with Gasteiger partial charge >= 0.3 is 0 Å². The molecule has 1 heterocycles. The Bertz CT molecular complexity index is 194. The predicted molar refractivity (Wildman–Crippen MR) is 80.8 cm³/mol. The summed E-state index contributed by atoms with van der Waals surface area (Å²) in [5.41, 5.74) is 5.81. The van der Waals surface area contributed by atoms with Crippen molar-refractivity contribution in [2.75, 3.05) is 19.6 Å². The molecule has 0 aromatic carbocycles. The van der Waals surface area contributed by atoms with Crippen LogP contribution in [0.3, 0.4) is 0 Å². The molecule has 108 valence electrons. The fourth-order valence-corrected chi connectivity index (χ4v) is 3.04. The second-order valence-corrected chi connectivity index (χ2v) is 6.14. The van der Waals surface area contributed by atoms with Crippen molar-refractivity contribution in [3.05, 3.63) is 0 Å². The van der Waals surface area contributed by atoms with Crippen molar-refractivity contribution in [3.8, 4) is 0 Å². The van der Waals surface area contributed by atoms with E-state index in [0.717, 1.165) is 18.5 Å². The van der Waals surface area contributed by atoms with Gasteiger partial charge in [0.1, 0.15) is 0 Å². The van der Waals surface area contributed by atoms with Gasteiger partial charge in [-0.05, 0) is 45.2 Å². The van der Waals surface area contributed by atoms with Gasteiger partial charge in [-0.25, -0.2) is 0 Å². The average molecular weight is 254 g/mol. The van der Waals surface area contributed by atoms with Crippen LogP contribution in [0.1, 0.15) is 71.6 Å². The van der Waals surface area contributed by atoms with Gasteiger partial charge in [-0.1, -0.05) is 45.4 Å². The summed E-state index contributed by atoms with van der Waals surface area (Å²) in [6.45, 7) is 8.08. The molecule has 2 heteroatoms. The largest absolute Gasteiger partial charge is 0.330 e. The molecule has 0 spiro atoms. The molecule has 18 heavy (non-hydrogen) atoms. The van der Waals surface area contributed by atoms with E-state index >= 15 is 0 Å². The van der Waals surface area contributed by atoms with Crippen LogP contribution in [0.25, 0.3) is 0 Å². The lowest BCUT2D eigenvalue weighted by Crippen LogP contribution is -2.44. The van der Waals surface area contributed by atoms with E-state index in [1.807, 2.05) is 0 Å². The zero-order valence-electron chi connectivity index (χ0n) is 12.7. The third-order valence-corrected chi connectivity index (χ3v) is 4.49. The summed E-state index contributed by atoms with van der Waals surface area (Å²) in [6, 6.07) is 0.785. The fourth-order valence-electron chi connectivity index (χ4n) is 3.04. The van der Waals surface area contributed by atoms with E-state index in [1.54, 1.807) is 0 Å². The maximum atomic E-state index is 5.81. The number of hydrogen-bond donors (Lipinski definition) is 1. The number of rotatable bonds is 9.